The van der Waals surface area contributed by atoms with Gasteiger partial charge in [-0.25, -0.2) is 0 Å². The van der Waals surface area contributed by atoms with Gasteiger partial charge >= 0.3 is 0 Å². The molecule has 0 spiro atoms. The molecule has 0 heterocycles. The summed E-state index contributed by atoms with van der Waals surface area (Å²) in [5, 5.41) is 9.12. The lowest BCUT2D eigenvalue weighted by Crippen LogP contribution is -2.23. The Labute approximate surface area is 96.9 Å². The van der Waals surface area contributed by atoms with Gasteiger partial charge in [-0.3, -0.25) is 0 Å². The normalized spacial score (nSPS) is 28.2. The van der Waals surface area contributed by atoms with Gasteiger partial charge in [0.05, 0.1) is 18.4 Å². The Balaban J connectivity index is 2.28. The van der Waals surface area contributed by atoms with Crippen LogP contribution in [0.1, 0.15) is 26.7 Å². The van der Waals surface area contributed by atoms with Gasteiger partial charge < -0.3 is 4.74 Å². The molecule has 0 aromatic carbocycles. The molecule has 2 heteroatoms. The molecule has 0 fully saturated rings. The van der Waals surface area contributed by atoms with Crippen molar-refractivity contribution in [3.05, 3.63) is 35.1 Å². The summed E-state index contributed by atoms with van der Waals surface area (Å²) in [7, 11) is 0. The summed E-state index contributed by atoms with van der Waals surface area (Å²) in [5.41, 5.74) is 2.19. The maximum Gasteiger partial charge on any atom is 0.0965 e. The standard InChI is InChI=1S/C14H17NO/c1-3-16-13-7-10(2)14-11(8-13)5-4-6-12(14)9-15/h5-6,8,10,14H,3-4,7H2,1-2H3/t10-,14?/m1/s1. The fourth-order valence-corrected chi connectivity index (χ4v) is 2.62. The van der Waals surface area contributed by atoms with Crippen molar-refractivity contribution < 1.29 is 4.74 Å². The molecule has 2 rings (SSSR count). The molecule has 1 unspecified atom stereocenters. The molecule has 2 atom stereocenters. The first kappa shape index (κ1) is 11.0. The zero-order valence-corrected chi connectivity index (χ0v) is 9.86. The molecule has 2 aliphatic rings. The van der Waals surface area contributed by atoms with Crippen molar-refractivity contribution in [2.45, 2.75) is 26.7 Å². The molecule has 16 heavy (non-hydrogen) atoms. The summed E-state index contributed by atoms with van der Waals surface area (Å²) in [6.07, 6.45) is 8.19. The Morgan fingerprint density at radius 2 is 2.31 bits per heavy atom. The highest BCUT2D eigenvalue weighted by Gasteiger charge is 2.31. The molecule has 0 N–H and O–H groups in total. The first-order chi connectivity index (χ1) is 7.76. The van der Waals surface area contributed by atoms with E-state index in [1.165, 1.54) is 5.57 Å². The van der Waals surface area contributed by atoms with Gasteiger partial charge in [0.1, 0.15) is 0 Å². The number of fused-ring (bicyclic) bond motifs is 1. The van der Waals surface area contributed by atoms with Crippen LogP contribution in [-0.4, -0.2) is 6.61 Å². The average molecular weight is 215 g/mol. The summed E-state index contributed by atoms with van der Waals surface area (Å²) >= 11 is 0. The maximum absolute atomic E-state index is 9.12. The van der Waals surface area contributed by atoms with Crippen LogP contribution < -0.4 is 0 Å². The van der Waals surface area contributed by atoms with Crippen LogP contribution in [0.3, 0.4) is 0 Å². The molecular weight excluding hydrogens is 198 g/mol. The predicted octanol–water partition coefficient (Wildman–Crippen LogP) is 3.34. The minimum absolute atomic E-state index is 0.294. The van der Waals surface area contributed by atoms with Crippen molar-refractivity contribution in [3.63, 3.8) is 0 Å². The topological polar surface area (TPSA) is 33.0 Å². The Morgan fingerprint density at radius 3 is 3.00 bits per heavy atom. The van der Waals surface area contributed by atoms with Gasteiger partial charge in [0.25, 0.3) is 0 Å². The second kappa shape index (κ2) is 4.57. The summed E-state index contributed by atoms with van der Waals surface area (Å²) in [5.74, 6) is 1.82. The fourth-order valence-electron chi connectivity index (χ4n) is 2.62. The zero-order chi connectivity index (χ0) is 11.5. The van der Waals surface area contributed by atoms with Gasteiger partial charge in [-0.05, 0) is 30.9 Å². The van der Waals surface area contributed by atoms with E-state index < -0.39 is 0 Å². The van der Waals surface area contributed by atoms with Crippen LogP contribution in [0.25, 0.3) is 0 Å². The number of hydrogen-bond acceptors (Lipinski definition) is 2. The highest BCUT2D eigenvalue weighted by molar-refractivity contribution is 5.43. The predicted molar refractivity (Wildman–Crippen MR) is 63.4 cm³/mol. The molecule has 0 saturated heterocycles. The number of ether oxygens (including phenoxy) is 1. The van der Waals surface area contributed by atoms with Crippen LogP contribution in [0.2, 0.25) is 0 Å². The highest BCUT2D eigenvalue weighted by Crippen LogP contribution is 2.40. The van der Waals surface area contributed by atoms with E-state index in [2.05, 4.69) is 25.1 Å². The average Bonchev–Trinajstić information content (AvgIpc) is 2.28. The fraction of sp³-hybridized carbons (Fsp3) is 0.500. The van der Waals surface area contributed by atoms with Gasteiger partial charge in [0.15, 0.2) is 0 Å². The van der Waals surface area contributed by atoms with Crippen molar-refractivity contribution in [2.75, 3.05) is 6.61 Å². The first-order valence-electron chi connectivity index (χ1n) is 5.89. The molecule has 0 aromatic heterocycles. The quantitative estimate of drug-likeness (QED) is 0.707. The van der Waals surface area contributed by atoms with Crippen molar-refractivity contribution in [3.8, 4) is 6.07 Å². The van der Waals surface area contributed by atoms with E-state index in [0.29, 0.717) is 11.8 Å². The summed E-state index contributed by atoms with van der Waals surface area (Å²) < 4.78 is 5.59. The summed E-state index contributed by atoms with van der Waals surface area (Å²) in [4.78, 5) is 0. The van der Waals surface area contributed by atoms with Crippen molar-refractivity contribution in [1.82, 2.24) is 0 Å². The van der Waals surface area contributed by atoms with Crippen LogP contribution >= 0.6 is 0 Å². The summed E-state index contributed by atoms with van der Waals surface area (Å²) in [6.45, 7) is 4.92. The number of allylic oxidation sites excluding steroid dienone is 6. The van der Waals surface area contributed by atoms with Gasteiger partial charge in [-0.2, -0.15) is 5.26 Å². The third-order valence-corrected chi connectivity index (χ3v) is 3.26. The second-order valence-corrected chi connectivity index (χ2v) is 4.41. The molecule has 0 amide bonds. The Kier molecular flexibility index (Phi) is 3.14. The van der Waals surface area contributed by atoms with Crippen LogP contribution in [0.4, 0.5) is 0 Å². The van der Waals surface area contributed by atoms with Crippen LogP contribution in [-0.2, 0) is 4.74 Å². The van der Waals surface area contributed by atoms with Gasteiger partial charge in [-0.1, -0.05) is 19.1 Å². The van der Waals surface area contributed by atoms with Crippen LogP contribution in [0.5, 0.6) is 0 Å². The lowest BCUT2D eigenvalue weighted by Gasteiger charge is -2.32. The minimum Gasteiger partial charge on any atom is -0.498 e. The lowest BCUT2D eigenvalue weighted by atomic mass is 9.73. The van der Waals surface area contributed by atoms with Gasteiger partial charge in [0, 0.05) is 17.9 Å². The number of nitriles is 1. The Morgan fingerprint density at radius 1 is 1.50 bits per heavy atom. The van der Waals surface area contributed by atoms with Crippen molar-refractivity contribution in [2.24, 2.45) is 11.8 Å². The molecule has 0 saturated carbocycles. The number of nitrogens with zero attached hydrogens (tertiary/aromatic N) is 1. The van der Waals surface area contributed by atoms with E-state index in [0.717, 1.165) is 30.8 Å². The number of rotatable bonds is 2. The molecule has 2 aliphatic carbocycles. The molecule has 84 valence electrons. The van der Waals surface area contributed by atoms with E-state index in [1.807, 2.05) is 13.0 Å². The Hall–Kier alpha value is -1.49. The van der Waals surface area contributed by atoms with Gasteiger partial charge in [0.2, 0.25) is 0 Å². The molecule has 0 aliphatic heterocycles. The molecule has 0 bridgehead atoms. The monoisotopic (exact) mass is 215 g/mol. The van der Waals surface area contributed by atoms with E-state index in [9.17, 15) is 0 Å². The Bertz CT molecular complexity index is 409. The highest BCUT2D eigenvalue weighted by atomic mass is 16.5. The van der Waals surface area contributed by atoms with Gasteiger partial charge in [-0.15, -0.1) is 0 Å². The maximum atomic E-state index is 9.12. The van der Waals surface area contributed by atoms with Crippen molar-refractivity contribution >= 4 is 0 Å². The molecular formula is C14H17NO. The summed E-state index contributed by atoms with van der Waals surface area (Å²) in [6, 6.07) is 2.33. The lowest BCUT2D eigenvalue weighted by molar-refractivity contribution is 0.196. The van der Waals surface area contributed by atoms with Crippen LogP contribution in [0.15, 0.2) is 35.1 Å². The van der Waals surface area contributed by atoms with Crippen LogP contribution in [0, 0.1) is 23.2 Å². The largest absolute Gasteiger partial charge is 0.498 e. The van der Waals surface area contributed by atoms with E-state index in [-0.39, 0.29) is 0 Å². The van der Waals surface area contributed by atoms with Crippen molar-refractivity contribution in [1.29, 1.82) is 5.26 Å². The molecule has 0 radical (unpaired) electrons. The van der Waals surface area contributed by atoms with E-state index >= 15 is 0 Å². The minimum atomic E-state index is 0.294. The molecule has 2 nitrogen and oxygen atoms in total. The first-order valence-corrected chi connectivity index (χ1v) is 5.89. The second-order valence-electron chi connectivity index (χ2n) is 4.41. The van der Waals surface area contributed by atoms with E-state index in [1.54, 1.807) is 0 Å². The smallest absolute Gasteiger partial charge is 0.0965 e. The third kappa shape index (κ3) is 1.90. The number of hydrogen-bond donors (Lipinski definition) is 0. The zero-order valence-electron chi connectivity index (χ0n) is 9.86. The SMILES string of the molecule is CCOC1=CC2=CCC=C(C#N)C2[C@H](C)C1. The molecule has 0 aromatic rings. The third-order valence-electron chi connectivity index (χ3n) is 3.26. The van der Waals surface area contributed by atoms with E-state index in [4.69, 9.17) is 10.00 Å².